The fourth-order valence-electron chi connectivity index (χ4n) is 10.4. The minimum atomic E-state index is 0. The van der Waals surface area contributed by atoms with E-state index < -0.39 is 0 Å². The Morgan fingerprint density at radius 3 is 1.38 bits per heavy atom. The molecule has 14 nitrogen and oxygen atoms in total. The predicted molar refractivity (Wildman–Crippen MR) is 306 cm³/mol. The van der Waals surface area contributed by atoms with E-state index in [1.807, 2.05) is 192 Å². The SMILES string of the molecule is Cc1nn(-c2[c-]c(Oc3[c-]c(N4C=CN(C)[CH-]4)ccc3)ccc2)c(C)c1-n1c2ccccc2c2cnccc21.Cc1nn(-c2[c-]c(Oc3[c-]c(N4C=CN(C)[CH-]4)ccc3)ccc2)c(C)c1-n1c2ccccc2c2ncccc21.[Pt].[Pt]. The first-order chi connectivity index (χ1) is 38.1. The first-order valence-electron chi connectivity index (χ1n) is 25.5. The zero-order chi connectivity index (χ0) is 53.0. The standard InChI is InChI=1S/2C32H25N6O.2Pt/c1-22-32(37-29-14-5-4-13-28(29)31-30(37)15-8-16-33-31)23(2)38(34-22)25-10-7-12-27(20-25)39-26-11-6-9-24(19-26)36-18-17-35(3)21-36;1-22-32(37-30-13-5-4-12-28(30)29-20-33-15-14-31(29)37)23(2)38(34-22)25-9-7-11-27(19-25)39-26-10-6-8-24(18-26)36-17-16-35(3)21-36;;/h4-18,21H,1-3H3;4-17,20-21H,1-3H3;;/q2*-3;;. The Kier molecular flexibility index (Phi) is 14.8. The second kappa shape index (κ2) is 22.2. The molecule has 2 aliphatic heterocycles. The van der Waals surface area contributed by atoms with Crippen molar-refractivity contribution in [1.29, 1.82) is 0 Å². The number of benzene rings is 6. The topological polar surface area (TPSA) is 103 Å². The van der Waals surface area contributed by atoms with Crippen molar-refractivity contribution in [3.63, 3.8) is 0 Å². The summed E-state index contributed by atoms with van der Waals surface area (Å²) in [5, 5.41) is 13.3. The minimum Gasteiger partial charge on any atom is -0.510 e. The number of hydrogen-bond donors (Lipinski definition) is 0. The molecular formula is C64H50N12O2Pt2-6. The van der Waals surface area contributed by atoms with Crippen molar-refractivity contribution in [2.75, 3.05) is 23.9 Å². The van der Waals surface area contributed by atoms with E-state index in [1.54, 1.807) is 0 Å². The van der Waals surface area contributed by atoms with E-state index in [-0.39, 0.29) is 42.1 Å². The Labute approximate surface area is 492 Å². The Hall–Kier alpha value is -8.70. The van der Waals surface area contributed by atoms with Gasteiger partial charge in [-0.1, -0.05) is 36.4 Å². The fraction of sp³-hybridized carbons (Fsp3) is 0.0938. The van der Waals surface area contributed by atoms with Gasteiger partial charge in [0.25, 0.3) is 0 Å². The molecule has 12 aromatic rings. The normalized spacial score (nSPS) is 12.9. The molecule has 0 saturated carbocycles. The van der Waals surface area contributed by atoms with E-state index >= 15 is 0 Å². The molecule has 80 heavy (non-hydrogen) atoms. The number of para-hydroxylation sites is 2. The molecule has 0 spiro atoms. The van der Waals surface area contributed by atoms with Crippen LogP contribution in [-0.4, -0.2) is 62.6 Å². The van der Waals surface area contributed by atoms with Crippen molar-refractivity contribution < 1.29 is 51.6 Å². The number of hydrogen-bond acceptors (Lipinski definition) is 10. The van der Waals surface area contributed by atoms with Crippen LogP contribution in [-0.2, 0) is 42.1 Å². The van der Waals surface area contributed by atoms with E-state index in [9.17, 15) is 0 Å². The summed E-state index contributed by atoms with van der Waals surface area (Å²) in [7, 11) is 3.97. The van der Waals surface area contributed by atoms with Crippen LogP contribution in [0.3, 0.4) is 0 Å². The summed E-state index contributed by atoms with van der Waals surface area (Å²) < 4.78 is 20.8. The Morgan fingerprint density at radius 1 is 0.425 bits per heavy atom. The van der Waals surface area contributed by atoms with Crippen molar-refractivity contribution in [2.45, 2.75) is 27.7 Å². The van der Waals surface area contributed by atoms with E-state index in [4.69, 9.17) is 19.7 Å². The van der Waals surface area contributed by atoms with Crippen LogP contribution < -0.4 is 19.3 Å². The number of anilines is 2. The zero-order valence-electron chi connectivity index (χ0n) is 44.3. The molecule has 8 heterocycles. The van der Waals surface area contributed by atoms with Gasteiger partial charge < -0.3 is 38.2 Å². The summed E-state index contributed by atoms with van der Waals surface area (Å²) in [6.45, 7) is 12.2. The van der Waals surface area contributed by atoms with Gasteiger partial charge >= 0.3 is 0 Å². The number of rotatable bonds is 10. The summed E-state index contributed by atoms with van der Waals surface area (Å²) in [4.78, 5) is 17.0. The average molecular weight is 1410 g/mol. The third-order valence-corrected chi connectivity index (χ3v) is 13.9. The zero-order valence-corrected chi connectivity index (χ0v) is 48.8. The van der Waals surface area contributed by atoms with Gasteiger partial charge in [-0.05, 0) is 108 Å². The Bertz CT molecular complexity index is 3940. The summed E-state index contributed by atoms with van der Waals surface area (Å²) >= 11 is 0. The molecule has 0 radical (unpaired) electrons. The Balaban J connectivity index is 0.000000165. The molecule has 16 heteroatoms. The summed E-state index contributed by atoms with van der Waals surface area (Å²) in [5.74, 6) is 2.42. The van der Waals surface area contributed by atoms with Gasteiger partial charge in [0.2, 0.25) is 0 Å². The van der Waals surface area contributed by atoms with Crippen LogP contribution in [0.1, 0.15) is 22.8 Å². The minimum absolute atomic E-state index is 0. The number of nitrogens with zero attached hydrogens (tertiary/aromatic N) is 12. The molecule has 0 atom stereocenters. The van der Waals surface area contributed by atoms with Crippen molar-refractivity contribution in [3.05, 3.63) is 243 Å². The number of ether oxygens (including phenoxy) is 2. The molecule has 6 aromatic carbocycles. The number of fused-ring (bicyclic) bond motifs is 6. The second-order valence-electron chi connectivity index (χ2n) is 19.1. The largest absolute Gasteiger partial charge is 0.510 e. The van der Waals surface area contributed by atoms with Crippen LogP contribution in [0.4, 0.5) is 11.4 Å². The third kappa shape index (κ3) is 9.83. The van der Waals surface area contributed by atoms with Gasteiger partial charge in [0, 0.05) is 99.9 Å². The maximum atomic E-state index is 6.19. The van der Waals surface area contributed by atoms with Crippen LogP contribution in [0, 0.1) is 65.3 Å². The van der Waals surface area contributed by atoms with Crippen LogP contribution in [0.5, 0.6) is 23.0 Å². The van der Waals surface area contributed by atoms with Crippen molar-refractivity contribution in [3.8, 4) is 45.7 Å². The maximum Gasteiger partial charge on any atom is 0.0963 e. The number of aryl methyl sites for hydroxylation is 2. The molecule has 6 aromatic heterocycles. The first kappa shape index (κ1) is 53.3. The molecule has 0 amide bonds. The van der Waals surface area contributed by atoms with Crippen LogP contribution in [0.15, 0.2) is 183 Å². The molecule has 0 unspecified atom stereocenters. The maximum absolute atomic E-state index is 6.19. The molecule has 404 valence electrons. The van der Waals surface area contributed by atoms with Gasteiger partial charge in [0.05, 0.1) is 61.7 Å². The van der Waals surface area contributed by atoms with Gasteiger partial charge in [-0.15, -0.1) is 84.2 Å². The predicted octanol–water partition coefficient (Wildman–Crippen LogP) is 13.4. The van der Waals surface area contributed by atoms with Gasteiger partial charge in [0.1, 0.15) is 0 Å². The first-order valence-corrected chi connectivity index (χ1v) is 25.5. The Morgan fingerprint density at radius 2 is 0.863 bits per heavy atom. The quantitative estimate of drug-likeness (QED) is 0.123. The van der Waals surface area contributed by atoms with Gasteiger partial charge in [-0.25, -0.2) is 0 Å². The van der Waals surface area contributed by atoms with Crippen molar-refractivity contribution in [1.82, 2.24) is 48.5 Å². The molecule has 0 aliphatic carbocycles. The van der Waals surface area contributed by atoms with E-state index in [0.29, 0.717) is 23.0 Å². The van der Waals surface area contributed by atoms with E-state index in [1.165, 1.54) is 5.39 Å². The van der Waals surface area contributed by atoms with Crippen LogP contribution in [0.25, 0.3) is 66.5 Å². The second-order valence-corrected chi connectivity index (χ2v) is 19.1. The summed E-state index contributed by atoms with van der Waals surface area (Å²) in [6.07, 6.45) is 13.5. The summed E-state index contributed by atoms with van der Waals surface area (Å²) in [6, 6.07) is 59.8. The third-order valence-electron chi connectivity index (χ3n) is 13.9. The van der Waals surface area contributed by atoms with Crippen LogP contribution >= 0.6 is 0 Å². The van der Waals surface area contributed by atoms with E-state index in [0.717, 1.165) is 95.3 Å². The van der Waals surface area contributed by atoms with Crippen LogP contribution in [0.2, 0.25) is 0 Å². The fourth-order valence-corrected chi connectivity index (χ4v) is 10.4. The van der Waals surface area contributed by atoms with Gasteiger partial charge in [-0.2, -0.15) is 47.8 Å². The van der Waals surface area contributed by atoms with Crippen molar-refractivity contribution >= 4 is 55.1 Å². The smallest absolute Gasteiger partial charge is 0.0963 e. The monoisotopic (exact) mass is 1410 g/mol. The number of pyridine rings is 2. The van der Waals surface area contributed by atoms with Gasteiger partial charge in [0.15, 0.2) is 0 Å². The molecular weight excluding hydrogens is 1360 g/mol. The molecule has 0 bridgehead atoms. The average Bonchev–Trinajstić information content (AvgIpc) is 4.37. The molecule has 14 rings (SSSR count). The molecule has 0 fully saturated rings. The van der Waals surface area contributed by atoms with E-state index in [2.05, 4.69) is 118 Å². The molecule has 0 N–H and O–H groups in total. The van der Waals surface area contributed by atoms with Crippen molar-refractivity contribution in [2.24, 2.45) is 0 Å². The summed E-state index contributed by atoms with van der Waals surface area (Å²) in [5.41, 5.74) is 14.7. The molecule has 0 saturated heterocycles. The number of aromatic nitrogens is 8. The molecule has 2 aliphatic rings. The van der Waals surface area contributed by atoms with Gasteiger partial charge in [-0.3, -0.25) is 19.3 Å².